The summed E-state index contributed by atoms with van der Waals surface area (Å²) >= 11 is 5.69. The number of nitrogens with two attached hydrogens (primary N) is 1. The summed E-state index contributed by atoms with van der Waals surface area (Å²) in [6.45, 7) is 0.0107. The topological polar surface area (TPSA) is 97.5 Å². The lowest BCUT2D eigenvalue weighted by molar-refractivity contribution is -0.136. The number of rotatable bonds is 6. The van der Waals surface area contributed by atoms with Gasteiger partial charge in [-0.2, -0.15) is 0 Å². The minimum atomic E-state index is -3.77. The first-order valence-electron chi connectivity index (χ1n) is 5.25. The Hall–Kier alpha value is -1.11. The molecule has 3 N–H and O–H groups in total. The van der Waals surface area contributed by atoms with Crippen molar-refractivity contribution in [3.05, 3.63) is 34.9 Å². The number of carbonyl (C=O) groups is 1. The predicted octanol–water partition coefficient (Wildman–Crippen LogP) is 1.06. The smallest absolute Gasteiger partial charge is 0.321 e. The van der Waals surface area contributed by atoms with E-state index in [0.29, 0.717) is 10.6 Å². The summed E-state index contributed by atoms with van der Waals surface area (Å²) < 4.78 is 23.9. The maximum Gasteiger partial charge on any atom is 0.321 e. The molecule has 0 heterocycles. The second-order valence-electron chi connectivity index (χ2n) is 3.84. The molecule has 0 saturated carbocycles. The third-order valence-corrected chi connectivity index (χ3v) is 4.71. The van der Waals surface area contributed by atoms with Crippen LogP contribution in [0.2, 0.25) is 5.02 Å². The molecule has 0 amide bonds. The zero-order chi connectivity index (χ0) is 13.8. The average molecular weight is 292 g/mol. The van der Waals surface area contributed by atoms with Crippen LogP contribution in [0.25, 0.3) is 0 Å². The summed E-state index contributed by atoms with van der Waals surface area (Å²) in [5.74, 6) is -1.70. The summed E-state index contributed by atoms with van der Waals surface area (Å²) in [6.07, 6.45) is -0.0920. The van der Waals surface area contributed by atoms with Crippen LogP contribution in [0, 0.1) is 0 Å². The third-order valence-electron chi connectivity index (χ3n) is 2.42. The molecule has 0 aromatic heterocycles. The Morgan fingerprint density at radius 1 is 1.33 bits per heavy atom. The second-order valence-corrected chi connectivity index (χ2v) is 6.46. The molecule has 1 atom stereocenters. The van der Waals surface area contributed by atoms with E-state index in [0.717, 1.165) is 0 Å². The van der Waals surface area contributed by atoms with E-state index in [-0.39, 0.29) is 18.7 Å². The molecule has 0 radical (unpaired) electrons. The van der Waals surface area contributed by atoms with Gasteiger partial charge in [-0.05, 0) is 30.7 Å². The molecule has 7 heteroatoms. The van der Waals surface area contributed by atoms with Crippen molar-refractivity contribution in [3.8, 4) is 0 Å². The zero-order valence-electron chi connectivity index (χ0n) is 9.54. The van der Waals surface area contributed by atoms with Crippen molar-refractivity contribution in [1.29, 1.82) is 0 Å². The van der Waals surface area contributed by atoms with Gasteiger partial charge >= 0.3 is 5.97 Å². The highest BCUT2D eigenvalue weighted by Crippen LogP contribution is 2.16. The first-order chi connectivity index (χ1) is 8.36. The number of aliphatic carboxylic acids is 1. The number of halogens is 1. The average Bonchev–Trinajstić information content (AvgIpc) is 2.28. The van der Waals surface area contributed by atoms with Crippen molar-refractivity contribution in [2.75, 3.05) is 6.54 Å². The minimum Gasteiger partial charge on any atom is -0.480 e. The number of carboxylic acid groups (broad SMARTS) is 1. The lowest BCUT2D eigenvalue weighted by atomic mass is 10.2. The van der Waals surface area contributed by atoms with Crippen LogP contribution < -0.4 is 5.73 Å². The van der Waals surface area contributed by atoms with Crippen molar-refractivity contribution < 1.29 is 18.3 Å². The number of sulfone groups is 1. The second kappa shape index (κ2) is 6.17. The van der Waals surface area contributed by atoms with Crippen LogP contribution in [0.4, 0.5) is 0 Å². The fraction of sp³-hybridized carbons (Fsp3) is 0.364. The molecule has 100 valence electrons. The summed E-state index contributed by atoms with van der Waals surface area (Å²) in [6, 6.07) is 6.23. The fourth-order valence-electron chi connectivity index (χ4n) is 1.52. The van der Waals surface area contributed by atoms with Gasteiger partial charge in [0.2, 0.25) is 0 Å². The molecule has 0 aliphatic rings. The highest BCUT2D eigenvalue weighted by atomic mass is 35.5. The normalized spacial score (nSPS) is 13.2. The Labute approximate surface area is 110 Å². The molecule has 1 aromatic carbocycles. The molecular formula is C11H14ClNO4S. The van der Waals surface area contributed by atoms with Gasteiger partial charge in [-0.25, -0.2) is 8.42 Å². The molecule has 0 aliphatic carbocycles. The quantitative estimate of drug-likeness (QED) is 0.816. The first-order valence-corrected chi connectivity index (χ1v) is 7.35. The molecular weight excluding hydrogens is 278 g/mol. The maximum atomic E-state index is 11.9. The standard InChI is InChI=1S/C11H14ClNO4S/c12-9-3-1-8(2-4-9)7-18(16,17)10(5-6-13)11(14)15/h1-4,10H,5-7,13H2,(H,14,15). The van der Waals surface area contributed by atoms with Crippen molar-refractivity contribution in [2.45, 2.75) is 17.4 Å². The predicted molar refractivity (Wildman–Crippen MR) is 69.2 cm³/mol. The largest absolute Gasteiger partial charge is 0.480 e. The van der Waals surface area contributed by atoms with Crippen LogP contribution in [-0.2, 0) is 20.4 Å². The SMILES string of the molecule is NCCC(C(=O)O)S(=O)(=O)Cc1ccc(Cl)cc1. The summed E-state index contributed by atoms with van der Waals surface area (Å²) in [5.41, 5.74) is 5.73. The Morgan fingerprint density at radius 2 is 1.89 bits per heavy atom. The Kier molecular flexibility index (Phi) is 5.13. The van der Waals surface area contributed by atoms with Gasteiger partial charge in [0, 0.05) is 5.02 Å². The summed E-state index contributed by atoms with van der Waals surface area (Å²) in [5, 5.41) is 7.94. The van der Waals surface area contributed by atoms with E-state index in [9.17, 15) is 13.2 Å². The van der Waals surface area contributed by atoms with Crippen LogP contribution in [0.15, 0.2) is 24.3 Å². The molecule has 1 aromatic rings. The monoisotopic (exact) mass is 291 g/mol. The van der Waals surface area contributed by atoms with E-state index in [2.05, 4.69) is 0 Å². The van der Waals surface area contributed by atoms with Gasteiger partial charge in [-0.15, -0.1) is 0 Å². The van der Waals surface area contributed by atoms with Crippen molar-refractivity contribution in [1.82, 2.24) is 0 Å². The van der Waals surface area contributed by atoms with Gasteiger partial charge in [-0.3, -0.25) is 4.79 Å². The number of hydrogen-bond donors (Lipinski definition) is 2. The molecule has 0 aliphatic heterocycles. The first kappa shape index (κ1) is 14.9. The van der Waals surface area contributed by atoms with Crippen molar-refractivity contribution >= 4 is 27.4 Å². The molecule has 0 spiro atoms. The van der Waals surface area contributed by atoms with E-state index < -0.39 is 21.1 Å². The highest BCUT2D eigenvalue weighted by molar-refractivity contribution is 7.92. The fourth-order valence-corrected chi connectivity index (χ4v) is 3.31. The van der Waals surface area contributed by atoms with Crippen LogP contribution in [-0.4, -0.2) is 31.3 Å². The van der Waals surface area contributed by atoms with Gasteiger partial charge in [0.25, 0.3) is 0 Å². The van der Waals surface area contributed by atoms with Gasteiger partial charge in [0.15, 0.2) is 15.1 Å². The summed E-state index contributed by atoms with van der Waals surface area (Å²) in [7, 11) is -3.77. The molecule has 0 saturated heterocycles. The van der Waals surface area contributed by atoms with Crippen LogP contribution >= 0.6 is 11.6 Å². The molecule has 0 bridgehead atoms. The van der Waals surface area contributed by atoms with Gasteiger partial charge in [0.05, 0.1) is 5.75 Å². The Balaban J connectivity index is 2.92. The molecule has 18 heavy (non-hydrogen) atoms. The zero-order valence-corrected chi connectivity index (χ0v) is 11.1. The Bertz CT molecular complexity index is 512. The number of benzene rings is 1. The van der Waals surface area contributed by atoms with E-state index >= 15 is 0 Å². The maximum absolute atomic E-state index is 11.9. The van der Waals surface area contributed by atoms with E-state index in [1.165, 1.54) is 0 Å². The number of hydrogen-bond acceptors (Lipinski definition) is 4. The highest BCUT2D eigenvalue weighted by Gasteiger charge is 2.31. The van der Waals surface area contributed by atoms with Crippen LogP contribution in [0.1, 0.15) is 12.0 Å². The van der Waals surface area contributed by atoms with Gasteiger partial charge in [0.1, 0.15) is 0 Å². The number of carboxylic acids is 1. The Morgan fingerprint density at radius 3 is 2.33 bits per heavy atom. The third kappa shape index (κ3) is 3.97. The van der Waals surface area contributed by atoms with E-state index in [4.69, 9.17) is 22.4 Å². The van der Waals surface area contributed by atoms with Crippen molar-refractivity contribution in [3.63, 3.8) is 0 Å². The summed E-state index contributed by atoms with van der Waals surface area (Å²) in [4.78, 5) is 10.9. The molecule has 0 fully saturated rings. The van der Waals surface area contributed by atoms with Gasteiger partial charge < -0.3 is 10.8 Å². The van der Waals surface area contributed by atoms with E-state index in [1.54, 1.807) is 24.3 Å². The lowest BCUT2D eigenvalue weighted by Crippen LogP contribution is -2.33. The van der Waals surface area contributed by atoms with Crippen molar-refractivity contribution in [2.24, 2.45) is 5.73 Å². The molecule has 5 nitrogen and oxygen atoms in total. The molecule has 1 rings (SSSR count). The van der Waals surface area contributed by atoms with Gasteiger partial charge in [-0.1, -0.05) is 23.7 Å². The van der Waals surface area contributed by atoms with E-state index in [1.807, 2.05) is 0 Å². The molecule has 1 unspecified atom stereocenters. The lowest BCUT2D eigenvalue weighted by Gasteiger charge is -2.12. The van der Waals surface area contributed by atoms with Crippen LogP contribution in [0.5, 0.6) is 0 Å². The van der Waals surface area contributed by atoms with Crippen LogP contribution in [0.3, 0.4) is 0 Å². The minimum absolute atomic E-state index is 0.0107.